The van der Waals surface area contributed by atoms with Crippen LogP contribution in [0.3, 0.4) is 0 Å². The number of ether oxygens (including phenoxy) is 1. The first-order valence-corrected chi connectivity index (χ1v) is 2.53. The van der Waals surface area contributed by atoms with Gasteiger partial charge in [-0.15, -0.1) is 0 Å². The number of nitrogens with one attached hydrogen (secondary N) is 1. The maximum absolute atomic E-state index is 10.1. The average Bonchev–Trinajstić information content (AvgIpc) is 1.82. The zero-order valence-electron chi connectivity index (χ0n) is 5.13. The van der Waals surface area contributed by atoms with E-state index in [1.54, 1.807) is 6.92 Å². The lowest BCUT2D eigenvalue weighted by Gasteiger charge is -2.08. The number of carbonyl (C=O) groups is 1. The van der Waals surface area contributed by atoms with E-state index in [9.17, 15) is 4.79 Å². The molecule has 0 saturated carbocycles. The van der Waals surface area contributed by atoms with Crippen molar-refractivity contribution in [2.75, 3.05) is 6.61 Å². The summed E-state index contributed by atoms with van der Waals surface area (Å²) in [5, 5.41) is 8.24. The number of aliphatic carboxylic acids is 1. The van der Waals surface area contributed by atoms with E-state index in [0.29, 0.717) is 6.61 Å². The van der Waals surface area contributed by atoms with Gasteiger partial charge in [-0.2, -0.15) is 0 Å². The second kappa shape index (κ2) is 4.25. The zero-order chi connectivity index (χ0) is 7.28. The fourth-order valence-corrected chi connectivity index (χ4v) is 0.357. The van der Waals surface area contributed by atoms with Gasteiger partial charge in [0.1, 0.15) is 0 Å². The number of hydrogen-bond donors (Lipinski definition) is 3. The first kappa shape index (κ1) is 8.35. The average molecular weight is 134 g/mol. The van der Waals surface area contributed by atoms with Gasteiger partial charge in [-0.1, -0.05) is 0 Å². The number of hydrazine groups is 1. The van der Waals surface area contributed by atoms with Gasteiger partial charge in [0.05, 0.1) is 0 Å². The summed E-state index contributed by atoms with van der Waals surface area (Å²) < 4.78 is 4.62. The molecule has 0 radical (unpaired) electrons. The Morgan fingerprint density at radius 2 is 2.56 bits per heavy atom. The Labute approximate surface area is 52.8 Å². The maximum Gasteiger partial charge on any atom is 0.349 e. The number of carboxylic acid groups (broad SMARTS) is 1. The number of rotatable bonds is 4. The van der Waals surface area contributed by atoms with Crippen LogP contribution in [-0.4, -0.2) is 23.9 Å². The van der Waals surface area contributed by atoms with Gasteiger partial charge in [-0.25, -0.2) is 10.2 Å². The van der Waals surface area contributed by atoms with Crippen molar-refractivity contribution in [1.29, 1.82) is 0 Å². The molecular formula is C4H10N2O3. The van der Waals surface area contributed by atoms with Crippen LogP contribution in [0.4, 0.5) is 0 Å². The van der Waals surface area contributed by atoms with Gasteiger partial charge >= 0.3 is 5.97 Å². The van der Waals surface area contributed by atoms with Crippen LogP contribution in [-0.2, 0) is 9.53 Å². The predicted octanol–water partition coefficient (Wildman–Crippen LogP) is -1.10. The Bertz CT molecular complexity index is 95.8. The molecule has 54 valence electrons. The van der Waals surface area contributed by atoms with E-state index < -0.39 is 12.2 Å². The highest BCUT2D eigenvalue weighted by Gasteiger charge is 2.13. The van der Waals surface area contributed by atoms with Gasteiger partial charge in [-0.05, 0) is 6.92 Å². The van der Waals surface area contributed by atoms with E-state index in [1.807, 2.05) is 5.43 Å². The zero-order valence-corrected chi connectivity index (χ0v) is 5.13. The van der Waals surface area contributed by atoms with E-state index in [-0.39, 0.29) is 0 Å². The molecule has 0 fully saturated rings. The van der Waals surface area contributed by atoms with E-state index in [0.717, 1.165) is 0 Å². The minimum absolute atomic E-state index is 0.321. The lowest BCUT2D eigenvalue weighted by molar-refractivity contribution is -0.152. The molecule has 0 heterocycles. The quantitative estimate of drug-likeness (QED) is 0.258. The molecule has 0 aromatic heterocycles. The van der Waals surface area contributed by atoms with Gasteiger partial charge < -0.3 is 9.84 Å². The van der Waals surface area contributed by atoms with Crippen molar-refractivity contribution >= 4 is 5.97 Å². The second-order valence-corrected chi connectivity index (χ2v) is 1.34. The lowest BCUT2D eigenvalue weighted by Crippen LogP contribution is -2.43. The third-order valence-electron chi connectivity index (χ3n) is 0.709. The van der Waals surface area contributed by atoms with E-state index >= 15 is 0 Å². The van der Waals surface area contributed by atoms with Gasteiger partial charge in [0.25, 0.3) is 0 Å². The molecule has 0 aliphatic carbocycles. The molecule has 0 saturated heterocycles. The molecule has 0 spiro atoms. The van der Waals surface area contributed by atoms with Crippen LogP contribution in [0.15, 0.2) is 0 Å². The maximum atomic E-state index is 10.1. The van der Waals surface area contributed by atoms with E-state index in [1.165, 1.54) is 0 Å². The molecule has 0 aliphatic rings. The SMILES string of the molecule is CCOC(NN)C(=O)O. The Balaban J connectivity index is 3.54. The normalized spacial score (nSPS) is 13.1. The molecule has 1 unspecified atom stereocenters. The largest absolute Gasteiger partial charge is 0.478 e. The Morgan fingerprint density at radius 1 is 2.00 bits per heavy atom. The molecule has 0 aliphatic heterocycles. The molecular weight excluding hydrogens is 124 g/mol. The summed E-state index contributed by atoms with van der Waals surface area (Å²) in [6.45, 7) is 2.01. The Morgan fingerprint density at radius 3 is 2.67 bits per heavy atom. The minimum atomic E-state index is -1.11. The van der Waals surface area contributed by atoms with Crippen molar-refractivity contribution in [2.45, 2.75) is 13.2 Å². The monoisotopic (exact) mass is 134 g/mol. The Kier molecular flexibility index (Phi) is 3.94. The van der Waals surface area contributed by atoms with Crippen LogP contribution < -0.4 is 11.3 Å². The highest BCUT2D eigenvalue weighted by atomic mass is 16.5. The van der Waals surface area contributed by atoms with Gasteiger partial charge in [0.2, 0.25) is 6.23 Å². The van der Waals surface area contributed by atoms with Crippen molar-refractivity contribution in [1.82, 2.24) is 5.43 Å². The Hall–Kier alpha value is -0.650. The highest BCUT2D eigenvalue weighted by molar-refractivity contribution is 5.71. The van der Waals surface area contributed by atoms with Crippen LogP contribution in [0, 0.1) is 0 Å². The molecule has 1 atom stereocenters. The van der Waals surface area contributed by atoms with Crippen molar-refractivity contribution in [3.63, 3.8) is 0 Å². The molecule has 0 bridgehead atoms. The van der Waals surface area contributed by atoms with Crippen LogP contribution in [0.25, 0.3) is 0 Å². The standard InChI is InChI=1S/C4H10N2O3/c1-2-9-3(6-5)4(7)8/h3,6H,2,5H2,1H3,(H,7,8). The third kappa shape index (κ3) is 3.02. The van der Waals surface area contributed by atoms with Crippen LogP contribution in [0.1, 0.15) is 6.92 Å². The highest BCUT2D eigenvalue weighted by Crippen LogP contribution is 1.83. The molecule has 9 heavy (non-hydrogen) atoms. The van der Waals surface area contributed by atoms with Crippen LogP contribution in [0.2, 0.25) is 0 Å². The third-order valence-corrected chi connectivity index (χ3v) is 0.709. The van der Waals surface area contributed by atoms with Crippen molar-refractivity contribution < 1.29 is 14.6 Å². The van der Waals surface area contributed by atoms with Crippen molar-refractivity contribution in [2.24, 2.45) is 5.84 Å². The number of hydrogen-bond acceptors (Lipinski definition) is 4. The van der Waals surface area contributed by atoms with E-state index in [2.05, 4.69) is 4.74 Å². The topological polar surface area (TPSA) is 84.6 Å². The van der Waals surface area contributed by atoms with Crippen molar-refractivity contribution in [3.05, 3.63) is 0 Å². The smallest absolute Gasteiger partial charge is 0.349 e. The fraction of sp³-hybridized carbons (Fsp3) is 0.750. The molecule has 5 nitrogen and oxygen atoms in total. The number of carboxylic acids is 1. The van der Waals surface area contributed by atoms with Gasteiger partial charge in [0.15, 0.2) is 0 Å². The molecule has 4 N–H and O–H groups in total. The first-order valence-electron chi connectivity index (χ1n) is 2.53. The summed E-state index contributed by atoms with van der Waals surface area (Å²) >= 11 is 0. The van der Waals surface area contributed by atoms with Crippen LogP contribution >= 0.6 is 0 Å². The first-order chi connectivity index (χ1) is 4.22. The lowest BCUT2D eigenvalue weighted by atomic mass is 10.6. The number of nitrogens with two attached hydrogens (primary N) is 1. The summed E-state index contributed by atoms with van der Waals surface area (Å²) in [6.07, 6.45) is -1.09. The van der Waals surface area contributed by atoms with E-state index in [4.69, 9.17) is 10.9 Å². The van der Waals surface area contributed by atoms with Crippen LogP contribution in [0.5, 0.6) is 0 Å². The summed E-state index contributed by atoms with van der Waals surface area (Å²) in [5.41, 5.74) is 1.98. The van der Waals surface area contributed by atoms with Gasteiger partial charge in [-0.3, -0.25) is 5.84 Å². The molecule has 0 aromatic rings. The predicted molar refractivity (Wildman–Crippen MR) is 30.4 cm³/mol. The fourth-order valence-electron chi connectivity index (χ4n) is 0.357. The summed E-state index contributed by atoms with van der Waals surface area (Å²) in [7, 11) is 0. The van der Waals surface area contributed by atoms with Crippen molar-refractivity contribution in [3.8, 4) is 0 Å². The molecule has 0 rings (SSSR count). The summed E-state index contributed by atoms with van der Waals surface area (Å²) in [4.78, 5) is 10.1. The molecule has 0 aromatic carbocycles. The summed E-state index contributed by atoms with van der Waals surface area (Å²) in [5.74, 6) is 3.69. The molecule has 5 heteroatoms. The van der Waals surface area contributed by atoms with Gasteiger partial charge in [0, 0.05) is 6.61 Å². The molecule has 0 amide bonds. The summed E-state index contributed by atoms with van der Waals surface area (Å²) in [6, 6.07) is 0. The second-order valence-electron chi connectivity index (χ2n) is 1.34. The minimum Gasteiger partial charge on any atom is -0.478 e.